The van der Waals surface area contributed by atoms with Crippen molar-refractivity contribution in [2.75, 3.05) is 26.2 Å². The molecule has 2 aromatic heterocycles. The van der Waals surface area contributed by atoms with E-state index in [4.69, 9.17) is 0 Å². The number of nitrogens with zero attached hydrogens (tertiary/aromatic N) is 6. The number of hydrogen-bond acceptors (Lipinski definition) is 5. The van der Waals surface area contributed by atoms with Crippen LogP contribution < -0.4 is 0 Å². The number of aryl methyl sites for hydroxylation is 2. The Morgan fingerprint density at radius 2 is 1.60 bits per heavy atom. The zero-order valence-corrected chi connectivity index (χ0v) is 15.1. The smallest absolute Gasteiger partial charge is 0.274 e. The van der Waals surface area contributed by atoms with Gasteiger partial charge in [0.15, 0.2) is 5.69 Å². The van der Waals surface area contributed by atoms with Gasteiger partial charge in [-0.05, 0) is 19.4 Å². The summed E-state index contributed by atoms with van der Waals surface area (Å²) in [4.78, 5) is 36.3. The number of aromatic nitrogens is 4. The fraction of sp³-hybridized carbons (Fsp3) is 0.438. The van der Waals surface area contributed by atoms with E-state index in [9.17, 15) is 9.59 Å². The van der Waals surface area contributed by atoms with E-state index in [2.05, 4.69) is 15.1 Å². The first-order chi connectivity index (χ1) is 11.6. The lowest BCUT2D eigenvalue weighted by atomic mass is 10.3. The van der Waals surface area contributed by atoms with Crippen LogP contribution in [0.5, 0.6) is 0 Å². The molecule has 3 rings (SSSR count). The topological polar surface area (TPSA) is 84.2 Å². The minimum atomic E-state index is -0.0985. The minimum Gasteiger partial charge on any atom is -0.337 e. The summed E-state index contributed by atoms with van der Waals surface area (Å²) in [5.74, 6) is -0.186. The van der Waals surface area contributed by atoms with Gasteiger partial charge in [0.25, 0.3) is 11.8 Å². The molecule has 0 radical (unpaired) electrons. The zero-order chi connectivity index (χ0) is 17.1. The Bertz CT molecular complexity index is 729. The van der Waals surface area contributed by atoms with Crippen LogP contribution in [0.25, 0.3) is 0 Å². The van der Waals surface area contributed by atoms with Crippen LogP contribution in [0.1, 0.15) is 33.0 Å². The molecule has 0 atom stereocenters. The maximum absolute atomic E-state index is 12.6. The lowest BCUT2D eigenvalue weighted by Gasteiger charge is -2.21. The van der Waals surface area contributed by atoms with Gasteiger partial charge in [-0.15, -0.1) is 12.4 Å². The van der Waals surface area contributed by atoms with E-state index in [0.717, 1.165) is 12.1 Å². The maximum atomic E-state index is 12.6. The molecule has 2 aromatic rings. The predicted octanol–water partition coefficient (Wildman–Crippen LogP) is 0.929. The van der Waals surface area contributed by atoms with Crippen LogP contribution in [0, 0.1) is 6.92 Å². The van der Waals surface area contributed by atoms with Crippen LogP contribution >= 0.6 is 12.4 Å². The SMILES string of the molecule is Cc1cc(C(=O)N2CCCN(C(=O)c3cncnc3)CC2)nn1C.Cl. The minimum absolute atomic E-state index is 0. The summed E-state index contributed by atoms with van der Waals surface area (Å²) in [5.41, 5.74) is 1.86. The highest BCUT2D eigenvalue weighted by Gasteiger charge is 2.25. The molecule has 0 bridgehead atoms. The lowest BCUT2D eigenvalue weighted by molar-refractivity contribution is 0.0715. The second-order valence-electron chi connectivity index (χ2n) is 5.86. The first-order valence-electron chi connectivity index (χ1n) is 7.90. The average molecular weight is 365 g/mol. The van der Waals surface area contributed by atoms with Crippen molar-refractivity contribution in [3.63, 3.8) is 0 Å². The van der Waals surface area contributed by atoms with Crippen molar-refractivity contribution in [3.8, 4) is 0 Å². The maximum Gasteiger partial charge on any atom is 0.274 e. The monoisotopic (exact) mass is 364 g/mol. The third kappa shape index (κ3) is 4.14. The standard InChI is InChI=1S/C16H20N6O2.ClH/c1-12-8-14(19-20(12)2)16(24)22-5-3-4-21(6-7-22)15(23)13-9-17-11-18-10-13;/h8-11H,3-7H2,1-2H3;1H. The van der Waals surface area contributed by atoms with Gasteiger partial charge >= 0.3 is 0 Å². The quantitative estimate of drug-likeness (QED) is 0.791. The molecule has 0 saturated carbocycles. The van der Waals surface area contributed by atoms with Gasteiger partial charge in [0.1, 0.15) is 6.33 Å². The Morgan fingerprint density at radius 1 is 1.00 bits per heavy atom. The first-order valence-corrected chi connectivity index (χ1v) is 7.90. The van der Waals surface area contributed by atoms with Crippen molar-refractivity contribution >= 4 is 24.2 Å². The highest BCUT2D eigenvalue weighted by atomic mass is 35.5. The number of rotatable bonds is 2. The van der Waals surface area contributed by atoms with Gasteiger partial charge in [0.2, 0.25) is 0 Å². The number of halogens is 1. The van der Waals surface area contributed by atoms with E-state index >= 15 is 0 Å². The molecule has 0 aromatic carbocycles. The van der Waals surface area contributed by atoms with E-state index in [1.54, 1.807) is 20.5 Å². The molecule has 1 saturated heterocycles. The number of amides is 2. The number of carbonyl (C=O) groups is 2. The molecule has 0 unspecified atom stereocenters. The Kier molecular flexibility index (Phi) is 6.08. The molecule has 3 heterocycles. The molecule has 25 heavy (non-hydrogen) atoms. The Balaban J connectivity index is 0.00000225. The molecular formula is C16H21ClN6O2. The molecule has 2 amide bonds. The van der Waals surface area contributed by atoms with Crippen molar-refractivity contribution in [2.45, 2.75) is 13.3 Å². The van der Waals surface area contributed by atoms with Gasteiger partial charge in [-0.25, -0.2) is 9.97 Å². The molecule has 1 aliphatic heterocycles. The predicted molar refractivity (Wildman–Crippen MR) is 93.6 cm³/mol. The molecule has 134 valence electrons. The molecule has 0 N–H and O–H groups in total. The highest BCUT2D eigenvalue weighted by Crippen LogP contribution is 2.11. The van der Waals surface area contributed by atoms with E-state index in [0.29, 0.717) is 37.4 Å². The van der Waals surface area contributed by atoms with Crippen molar-refractivity contribution in [1.82, 2.24) is 29.5 Å². The van der Waals surface area contributed by atoms with E-state index < -0.39 is 0 Å². The van der Waals surface area contributed by atoms with Crippen molar-refractivity contribution in [1.29, 1.82) is 0 Å². The summed E-state index contributed by atoms with van der Waals surface area (Å²) in [6.07, 6.45) is 5.16. The normalized spacial score (nSPS) is 14.6. The molecule has 9 heteroatoms. The first kappa shape index (κ1) is 18.9. The Labute approximate surface area is 152 Å². The molecule has 0 aliphatic carbocycles. The summed E-state index contributed by atoms with van der Waals surface area (Å²) >= 11 is 0. The van der Waals surface area contributed by atoms with Crippen molar-refractivity contribution < 1.29 is 9.59 Å². The summed E-state index contributed by atoms with van der Waals surface area (Å²) in [6.45, 7) is 4.12. The second-order valence-corrected chi connectivity index (χ2v) is 5.86. The Hall–Kier alpha value is -2.48. The van der Waals surface area contributed by atoms with Gasteiger partial charge in [0.05, 0.1) is 5.56 Å². The molecule has 1 fully saturated rings. The third-order valence-corrected chi connectivity index (χ3v) is 4.21. The van der Waals surface area contributed by atoms with Crippen molar-refractivity contribution in [2.24, 2.45) is 7.05 Å². The second kappa shape index (κ2) is 8.06. The van der Waals surface area contributed by atoms with Crippen LogP contribution in [0.3, 0.4) is 0 Å². The summed E-state index contributed by atoms with van der Waals surface area (Å²) < 4.78 is 1.69. The fourth-order valence-corrected chi connectivity index (χ4v) is 2.74. The molecule has 8 nitrogen and oxygen atoms in total. The van der Waals surface area contributed by atoms with Crippen LogP contribution in [0.15, 0.2) is 24.8 Å². The summed E-state index contributed by atoms with van der Waals surface area (Å²) in [7, 11) is 1.82. The van der Waals surface area contributed by atoms with Crippen LogP contribution in [0.2, 0.25) is 0 Å². The lowest BCUT2D eigenvalue weighted by Crippen LogP contribution is -2.37. The zero-order valence-electron chi connectivity index (χ0n) is 14.3. The van der Waals surface area contributed by atoms with Gasteiger partial charge in [-0.1, -0.05) is 0 Å². The molecule has 1 aliphatic rings. The van der Waals surface area contributed by atoms with Crippen LogP contribution in [-0.2, 0) is 7.05 Å². The van der Waals surface area contributed by atoms with E-state index in [-0.39, 0.29) is 24.2 Å². The van der Waals surface area contributed by atoms with Gasteiger partial charge in [-0.2, -0.15) is 5.10 Å². The van der Waals surface area contributed by atoms with E-state index in [1.807, 2.05) is 14.0 Å². The summed E-state index contributed by atoms with van der Waals surface area (Å²) in [6, 6.07) is 1.79. The molecular weight excluding hydrogens is 344 g/mol. The largest absolute Gasteiger partial charge is 0.337 e. The summed E-state index contributed by atoms with van der Waals surface area (Å²) in [5, 5.41) is 4.25. The molecule has 0 spiro atoms. The highest BCUT2D eigenvalue weighted by molar-refractivity contribution is 5.94. The fourth-order valence-electron chi connectivity index (χ4n) is 2.74. The number of hydrogen-bond donors (Lipinski definition) is 0. The van der Waals surface area contributed by atoms with Crippen molar-refractivity contribution in [3.05, 3.63) is 41.7 Å². The third-order valence-electron chi connectivity index (χ3n) is 4.21. The Morgan fingerprint density at radius 3 is 2.16 bits per heavy atom. The van der Waals surface area contributed by atoms with E-state index in [1.165, 1.54) is 18.7 Å². The average Bonchev–Trinajstić information content (AvgIpc) is 2.80. The van der Waals surface area contributed by atoms with Crippen LogP contribution in [0.4, 0.5) is 0 Å². The van der Waals surface area contributed by atoms with Gasteiger partial charge in [0, 0.05) is 51.3 Å². The van der Waals surface area contributed by atoms with Gasteiger partial charge in [-0.3, -0.25) is 14.3 Å². The van der Waals surface area contributed by atoms with Crippen LogP contribution in [-0.4, -0.2) is 67.5 Å². The number of carbonyl (C=O) groups excluding carboxylic acids is 2. The van der Waals surface area contributed by atoms with Gasteiger partial charge < -0.3 is 9.80 Å².